The van der Waals surface area contributed by atoms with Gasteiger partial charge in [-0.1, -0.05) is 146 Å². The number of hydrogen-bond acceptors (Lipinski definition) is 3. The summed E-state index contributed by atoms with van der Waals surface area (Å²) in [5.74, 6) is 0. The Morgan fingerprint density at radius 3 is 0.655 bits per heavy atom. The standard InChI is InChI=1S/C54H37N3Si/c1-7-19-37(20-8-1)40-31-46-52-47(32-40)56(44-27-15-5-16-28-44)49-34-42(39-23-11-3-12-24-39)36-51-54(49)58(52)53-48(55(46)43-25-13-4-14-26-43)33-41(38-21-9-2-10-22-38)35-50(53)57(51)45-29-17-6-18-30-45/h1-36,58H. The van der Waals surface area contributed by atoms with E-state index in [1.165, 1.54) is 83.1 Å². The lowest BCUT2D eigenvalue weighted by Gasteiger charge is -2.50. The molecule has 0 aliphatic carbocycles. The van der Waals surface area contributed by atoms with Gasteiger partial charge in [-0.2, -0.15) is 0 Å². The summed E-state index contributed by atoms with van der Waals surface area (Å²) in [5, 5.41) is 4.38. The van der Waals surface area contributed by atoms with E-state index in [-0.39, 0.29) is 0 Å². The molecular formula is C54H37N3Si. The second-order valence-corrected chi connectivity index (χ2v) is 17.9. The lowest BCUT2D eigenvalue weighted by molar-refractivity contribution is 1.22. The first-order valence-corrected chi connectivity index (χ1v) is 21.8. The van der Waals surface area contributed by atoms with Crippen molar-refractivity contribution in [3.05, 3.63) is 218 Å². The van der Waals surface area contributed by atoms with Crippen LogP contribution in [0.3, 0.4) is 0 Å². The first-order valence-electron chi connectivity index (χ1n) is 20.1. The average molecular weight is 756 g/mol. The van der Waals surface area contributed by atoms with Crippen molar-refractivity contribution in [1.82, 2.24) is 0 Å². The van der Waals surface area contributed by atoms with E-state index in [4.69, 9.17) is 0 Å². The molecule has 0 N–H and O–H groups in total. The van der Waals surface area contributed by atoms with Gasteiger partial charge in [-0.15, -0.1) is 0 Å². The van der Waals surface area contributed by atoms with Gasteiger partial charge in [0.15, 0.2) is 0 Å². The summed E-state index contributed by atoms with van der Waals surface area (Å²) in [6, 6.07) is 80.6. The van der Waals surface area contributed by atoms with Gasteiger partial charge in [0, 0.05) is 51.2 Å². The number of hydrogen-bond donors (Lipinski definition) is 0. The molecule has 3 aliphatic rings. The van der Waals surface area contributed by atoms with Crippen molar-refractivity contribution in [3.63, 3.8) is 0 Å². The summed E-state index contributed by atoms with van der Waals surface area (Å²) >= 11 is 0. The van der Waals surface area contributed by atoms with Crippen molar-refractivity contribution in [2.45, 2.75) is 0 Å². The van der Waals surface area contributed by atoms with Crippen LogP contribution in [-0.4, -0.2) is 8.80 Å². The van der Waals surface area contributed by atoms with E-state index in [0.717, 1.165) is 17.1 Å². The van der Waals surface area contributed by atoms with Crippen molar-refractivity contribution >= 4 is 75.5 Å². The molecule has 9 aromatic rings. The van der Waals surface area contributed by atoms with E-state index in [9.17, 15) is 0 Å². The molecule has 0 aromatic heterocycles. The van der Waals surface area contributed by atoms with Crippen LogP contribution < -0.4 is 30.3 Å². The fourth-order valence-electron chi connectivity index (χ4n) is 9.65. The fraction of sp³-hybridized carbons (Fsp3) is 0. The zero-order valence-corrected chi connectivity index (χ0v) is 32.9. The van der Waals surface area contributed by atoms with Crippen molar-refractivity contribution < 1.29 is 0 Å². The van der Waals surface area contributed by atoms with Gasteiger partial charge in [-0.05, 0) is 122 Å². The van der Waals surface area contributed by atoms with Crippen LogP contribution in [0.2, 0.25) is 0 Å². The van der Waals surface area contributed by atoms with Gasteiger partial charge < -0.3 is 14.7 Å². The van der Waals surface area contributed by atoms with Crippen LogP contribution in [0.1, 0.15) is 0 Å². The largest absolute Gasteiger partial charge is 0.311 e. The molecule has 9 aromatic carbocycles. The molecule has 0 saturated heterocycles. The first kappa shape index (κ1) is 32.8. The smallest absolute Gasteiger partial charge is 0.149 e. The summed E-state index contributed by atoms with van der Waals surface area (Å²) in [6.45, 7) is 0. The van der Waals surface area contributed by atoms with Gasteiger partial charge in [0.1, 0.15) is 8.80 Å². The molecule has 0 fully saturated rings. The summed E-state index contributed by atoms with van der Waals surface area (Å²) in [6.07, 6.45) is 0. The van der Waals surface area contributed by atoms with E-state index in [2.05, 4.69) is 233 Å². The maximum atomic E-state index is 2.57. The monoisotopic (exact) mass is 755 g/mol. The molecule has 0 atom stereocenters. The zero-order valence-electron chi connectivity index (χ0n) is 31.7. The van der Waals surface area contributed by atoms with Crippen LogP contribution in [0.15, 0.2) is 218 Å². The highest BCUT2D eigenvalue weighted by molar-refractivity contribution is 7.02. The van der Waals surface area contributed by atoms with Gasteiger partial charge in [0.05, 0.1) is 0 Å². The molecule has 0 radical (unpaired) electrons. The van der Waals surface area contributed by atoms with Gasteiger partial charge in [-0.25, -0.2) is 0 Å². The normalized spacial score (nSPS) is 13.3. The summed E-state index contributed by atoms with van der Waals surface area (Å²) in [4.78, 5) is 7.71. The fourth-order valence-corrected chi connectivity index (χ4v) is 13.6. The Balaban J connectivity index is 1.28. The van der Waals surface area contributed by atoms with E-state index < -0.39 is 8.80 Å². The Morgan fingerprint density at radius 2 is 0.431 bits per heavy atom. The van der Waals surface area contributed by atoms with Crippen LogP contribution in [0.5, 0.6) is 0 Å². The van der Waals surface area contributed by atoms with Crippen molar-refractivity contribution in [2.24, 2.45) is 0 Å². The molecule has 0 saturated carbocycles. The molecule has 272 valence electrons. The SMILES string of the molecule is c1ccc(-c2cc3c4c(c2)N(c2ccccc2)c2cc(-c5ccccc5)cc5c2[SiH]4c2c(cc(-c4ccccc4)cc2N5c2ccccc2)N3c2ccccc2)cc1. The molecule has 3 heterocycles. The third-order valence-electron chi connectivity index (χ3n) is 12.1. The number of benzene rings is 9. The minimum absolute atomic E-state index is 1.16. The lowest BCUT2D eigenvalue weighted by atomic mass is 9.97. The second-order valence-electron chi connectivity index (χ2n) is 15.3. The Hall–Kier alpha value is -7.40. The second kappa shape index (κ2) is 13.1. The molecule has 0 amide bonds. The highest BCUT2D eigenvalue weighted by Gasteiger charge is 2.48. The number of rotatable bonds is 6. The van der Waals surface area contributed by atoms with Gasteiger partial charge >= 0.3 is 0 Å². The molecule has 3 nitrogen and oxygen atoms in total. The maximum absolute atomic E-state index is 2.57. The minimum Gasteiger partial charge on any atom is -0.311 e. The predicted octanol–water partition coefficient (Wildman–Crippen LogP) is 12.3. The van der Waals surface area contributed by atoms with Crippen LogP contribution in [0.4, 0.5) is 51.2 Å². The van der Waals surface area contributed by atoms with Crippen molar-refractivity contribution in [2.75, 3.05) is 14.7 Å². The third kappa shape index (κ3) is 4.99. The van der Waals surface area contributed by atoms with Crippen LogP contribution in [0.25, 0.3) is 33.4 Å². The number of anilines is 9. The topological polar surface area (TPSA) is 9.72 Å². The molecule has 58 heavy (non-hydrogen) atoms. The Labute approximate surface area is 340 Å². The van der Waals surface area contributed by atoms with Gasteiger partial charge in [0.2, 0.25) is 0 Å². The Kier molecular flexibility index (Phi) is 7.40. The zero-order chi connectivity index (χ0) is 38.2. The first-order chi connectivity index (χ1) is 28.8. The quantitative estimate of drug-likeness (QED) is 0.157. The summed E-state index contributed by atoms with van der Waals surface area (Å²) in [7, 11) is -2.18. The van der Waals surface area contributed by atoms with Crippen LogP contribution >= 0.6 is 0 Å². The molecular weight excluding hydrogens is 719 g/mol. The molecule has 4 heteroatoms. The molecule has 12 rings (SSSR count). The van der Waals surface area contributed by atoms with E-state index in [1.807, 2.05) is 0 Å². The molecule has 0 unspecified atom stereocenters. The molecule has 3 aliphatic heterocycles. The number of para-hydroxylation sites is 3. The Morgan fingerprint density at radius 1 is 0.224 bits per heavy atom. The van der Waals surface area contributed by atoms with Gasteiger partial charge in [-0.3, -0.25) is 0 Å². The average Bonchev–Trinajstić information content (AvgIpc) is 3.30. The van der Waals surface area contributed by atoms with Crippen LogP contribution in [0, 0.1) is 0 Å². The summed E-state index contributed by atoms with van der Waals surface area (Å²) in [5.41, 5.74) is 18.3. The predicted molar refractivity (Wildman–Crippen MR) is 246 cm³/mol. The van der Waals surface area contributed by atoms with Crippen molar-refractivity contribution in [3.8, 4) is 33.4 Å². The molecule has 0 spiro atoms. The van der Waals surface area contributed by atoms with E-state index in [0.29, 0.717) is 0 Å². The molecule has 0 bridgehead atoms. The Bertz CT molecular complexity index is 2590. The highest BCUT2D eigenvalue weighted by atomic mass is 28.3. The lowest BCUT2D eigenvalue weighted by Crippen LogP contribution is -2.65. The maximum Gasteiger partial charge on any atom is 0.149 e. The third-order valence-corrected chi connectivity index (χ3v) is 15.6. The van der Waals surface area contributed by atoms with E-state index in [1.54, 1.807) is 0 Å². The minimum atomic E-state index is -2.18. The highest BCUT2D eigenvalue weighted by Crippen LogP contribution is 2.53. The van der Waals surface area contributed by atoms with Crippen molar-refractivity contribution in [1.29, 1.82) is 0 Å². The van der Waals surface area contributed by atoms with Gasteiger partial charge in [0.25, 0.3) is 0 Å². The summed E-state index contributed by atoms with van der Waals surface area (Å²) < 4.78 is 0. The van der Waals surface area contributed by atoms with Crippen LogP contribution in [-0.2, 0) is 0 Å². The van der Waals surface area contributed by atoms with E-state index >= 15 is 0 Å². The number of nitrogens with zero attached hydrogens (tertiary/aromatic N) is 3.